The van der Waals surface area contributed by atoms with Gasteiger partial charge in [-0.3, -0.25) is 14.9 Å². The number of nitro groups is 1. The first-order valence-corrected chi connectivity index (χ1v) is 4.55. The summed E-state index contributed by atoms with van der Waals surface area (Å²) in [5, 5.41) is 19.0. The topological polar surface area (TPSA) is 80.4 Å². The molecular formula is C8H5BrFNO4. The molecule has 1 rings (SSSR count). The highest BCUT2D eigenvalue weighted by Crippen LogP contribution is 2.27. The van der Waals surface area contributed by atoms with Crippen molar-refractivity contribution in [2.24, 2.45) is 0 Å². The Kier molecular flexibility index (Phi) is 3.35. The van der Waals surface area contributed by atoms with Crippen LogP contribution in [0.4, 0.5) is 10.1 Å². The Morgan fingerprint density at radius 3 is 2.67 bits per heavy atom. The average Bonchev–Trinajstić information content (AvgIpc) is 2.08. The van der Waals surface area contributed by atoms with Crippen LogP contribution in [0.5, 0.6) is 0 Å². The molecule has 0 unspecified atom stereocenters. The molecule has 0 heterocycles. The fraction of sp³-hybridized carbons (Fsp3) is 0.125. The van der Waals surface area contributed by atoms with E-state index in [1.54, 1.807) is 0 Å². The first kappa shape index (κ1) is 11.6. The second-order valence-corrected chi connectivity index (χ2v) is 3.63. The molecule has 1 aromatic carbocycles. The fourth-order valence-corrected chi connectivity index (χ4v) is 1.50. The third-order valence-corrected chi connectivity index (χ3v) is 2.12. The molecule has 0 saturated carbocycles. The minimum atomic E-state index is -1.32. The zero-order valence-electron chi connectivity index (χ0n) is 7.24. The number of nitrogens with zero attached hydrogens (tertiary/aromatic N) is 1. The van der Waals surface area contributed by atoms with Crippen molar-refractivity contribution in [3.63, 3.8) is 0 Å². The number of hydrogen-bond donors (Lipinski definition) is 1. The molecule has 5 nitrogen and oxygen atoms in total. The van der Waals surface area contributed by atoms with Crippen LogP contribution in [-0.4, -0.2) is 16.0 Å². The van der Waals surface area contributed by atoms with Gasteiger partial charge in [0.05, 0.1) is 16.9 Å². The molecule has 15 heavy (non-hydrogen) atoms. The van der Waals surface area contributed by atoms with Gasteiger partial charge >= 0.3 is 5.97 Å². The lowest BCUT2D eigenvalue weighted by atomic mass is 10.1. The van der Waals surface area contributed by atoms with Gasteiger partial charge < -0.3 is 5.11 Å². The summed E-state index contributed by atoms with van der Waals surface area (Å²) in [4.78, 5) is 20.1. The van der Waals surface area contributed by atoms with Crippen molar-refractivity contribution < 1.29 is 19.2 Å². The minimum absolute atomic E-state index is 0.195. The fourth-order valence-electron chi connectivity index (χ4n) is 1.08. The summed E-state index contributed by atoms with van der Waals surface area (Å²) in [7, 11) is 0. The Bertz CT molecular complexity index is 435. The minimum Gasteiger partial charge on any atom is -0.481 e. The van der Waals surface area contributed by atoms with Gasteiger partial charge in [-0.25, -0.2) is 4.39 Å². The van der Waals surface area contributed by atoms with Crippen molar-refractivity contribution in [3.8, 4) is 0 Å². The van der Waals surface area contributed by atoms with Crippen molar-refractivity contribution >= 4 is 27.6 Å². The highest BCUT2D eigenvalue weighted by Gasteiger charge is 2.21. The second kappa shape index (κ2) is 4.35. The number of nitro benzene ring substituents is 1. The van der Waals surface area contributed by atoms with E-state index in [-0.39, 0.29) is 4.47 Å². The smallest absolute Gasteiger partial charge is 0.308 e. The molecule has 0 fully saturated rings. The Labute approximate surface area is 91.8 Å². The molecule has 80 valence electrons. The van der Waals surface area contributed by atoms with Crippen LogP contribution in [-0.2, 0) is 11.2 Å². The number of benzene rings is 1. The van der Waals surface area contributed by atoms with Crippen molar-refractivity contribution in [3.05, 3.63) is 38.1 Å². The van der Waals surface area contributed by atoms with Crippen LogP contribution >= 0.6 is 15.9 Å². The molecule has 0 aliphatic heterocycles. The molecule has 0 aliphatic carbocycles. The largest absolute Gasteiger partial charge is 0.481 e. The van der Waals surface area contributed by atoms with Crippen molar-refractivity contribution in [2.75, 3.05) is 0 Å². The van der Waals surface area contributed by atoms with Crippen molar-refractivity contribution in [2.45, 2.75) is 6.42 Å². The number of carboxylic acids is 1. The van der Waals surface area contributed by atoms with E-state index in [4.69, 9.17) is 5.11 Å². The molecule has 7 heteroatoms. The maximum absolute atomic E-state index is 13.2. The summed E-state index contributed by atoms with van der Waals surface area (Å²) in [6.45, 7) is 0. The standard InChI is InChI=1S/C8H5BrFNO4/c9-4-1-6(10)5(3-8(12)13)7(2-4)11(14)15/h1-2H,3H2,(H,12,13). The third kappa shape index (κ3) is 2.72. The molecule has 0 aliphatic rings. The summed E-state index contributed by atoms with van der Waals surface area (Å²) in [6.07, 6.45) is -0.713. The van der Waals surface area contributed by atoms with Gasteiger partial charge in [0.2, 0.25) is 0 Å². The van der Waals surface area contributed by atoms with E-state index in [0.717, 1.165) is 12.1 Å². The third-order valence-electron chi connectivity index (χ3n) is 1.66. The monoisotopic (exact) mass is 277 g/mol. The average molecular weight is 278 g/mol. The van der Waals surface area contributed by atoms with E-state index in [2.05, 4.69) is 15.9 Å². The summed E-state index contributed by atoms with van der Waals surface area (Å²) < 4.78 is 13.4. The van der Waals surface area contributed by atoms with Crippen LogP contribution < -0.4 is 0 Å². The van der Waals surface area contributed by atoms with E-state index in [1.807, 2.05) is 0 Å². The van der Waals surface area contributed by atoms with Crippen molar-refractivity contribution in [1.29, 1.82) is 0 Å². The lowest BCUT2D eigenvalue weighted by Crippen LogP contribution is -2.06. The van der Waals surface area contributed by atoms with E-state index < -0.39 is 34.4 Å². The van der Waals surface area contributed by atoms with Crippen LogP contribution in [0.2, 0.25) is 0 Å². The number of hydrogen-bond acceptors (Lipinski definition) is 3. The highest BCUT2D eigenvalue weighted by atomic mass is 79.9. The van der Waals surface area contributed by atoms with Gasteiger partial charge in [-0.05, 0) is 6.07 Å². The van der Waals surface area contributed by atoms with Gasteiger partial charge in [0.25, 0.3) is 5.69 Å². The quantitative estimate of drug-likeness (QED) is 0.678. The van der Waals surface area contributed by atoms with Crippen molar-refractivity contribution in [1.82, 2.24) is 0 Å². The van der Waals surface area contributed by atoms with Crippen LogP contribution in [0.3, 0.4) is 0 Å². The lowest BCUT2D eigenvalue weighted by Gasteiger charge is -2.02. The van der Waals surface area contributed by atoms with Crippen LogP contribution in [0.15, 0.2) is 16.6 Å². The molecular weight excluding hydrogens is 273 g/mol. The van der Waals surface area contributed by atoms with E-state index in [9.17, 15) is 19.3 Å². The van der Waals surface area contributed by atoms with E-state index >= 15 is 0 Å². The van der Waals surface area contributed by atoms with Gasteiger partial charge in [0, 0.05) is 10.5 Å². The summed E-state index contributed by atoms with van der Waals surface area (Å²) in [5.41, 5.74) is -0.958. The number of carboxylic acid groups (broad SMARTS) is 1. The van der Waals surface area contributed by atoms with Crippen LogP contribution in [0.25, 0.3) is 0 Å². The molecule has 0 amide bonds. The molecule has 0 radical (unpaired) electrons. The Morgan fingerprint density at radius 2 is 2.20 bits per heavy atom. The van der Waals surface area contributed by atoms with Crippen LogP contribution in [0.1, 0.15) is 5.56 Å². The first-order chi connectivity index (χ1) is 6.91. The van der Waals surface area contributed by atoms with Crippen LogP contribution in [0, 0.1) is 15.9 Å². The molecule has 1 N–H and O–H groups in total. The molecule has 0 aromatic heterocycles. The predicted octanol–water partition coefficient (Wildman–Crippen LogP) is 2.12. The zero-order chi connectivity index (χ0) is 11.6. The second-order valence-electron chi connectivity index (χ2n) is 2.71. The number of halogens is 2. The molecule has 0 atom stereocenters. The van der Waals surface area contributed by atoms with Gasteiger partial charge in [0.1, 0.15) is 5.82 Å². The maximum Gasteiger partial charge on any atom is 0.308 e. The van der Waals surface area contributed by atoms with E-state index in [0.29, 0.717) is 0 Å². The SMILES string of the molecule is O=C(O)Cc1c(F)cc(Br)cc1[N+](=O)[O-]. The number of carbonyl (C=O) groups is 1. The van der Waals surface area contributed by atoms with E-state index in [1.165, 1.54) is 0 Å². The molecule has 0 spiro atoms. The first-order valence-electron chi connectivity index (χ1n) is 3.76. The number of aliphatic carboxylic acids is 1. The normalized spacial score (nSPS) is 10.0. The van der Waals surface area contributed by atoms with Gasteiger partial charge in [-0.15, -0.1) is 0 Å². The predicted molar refractivity (Wildman–Crippen MR) is 52.1 cm³/mol. The lowest BCUT2D eigenvalue weighted by molar-refractivity contribution is -0.385. The van der Waals surface area contributed by atoms with Gasteiger partial charge in [-0.1, -0.05) is 15.9 Å². The summed E-state index contributed by atoms with van der Waals surface area (Å²) in [6, 6.07) is 2.06. The number of rotatable bonds is 3. The van der Waals surface area contributed by atoms with Gasteiger partial charge in [0.15, 0.2) is 0 Å². The molecule has 0 saturated heterocycles. The summed E-state index contributed by atoms with van der Waals surface area (Å²) >= 11 is 2.89. The summed E-state index contributed by atoms with van der Waals surface area (Å²) in [5.74, 6) is -2.22. The Morgan fingerprint density at radius 1 is 1.60 bits per heavy atom. The Hall–Kier alpha value is -1.50. The molecule has 1 aromatic rings. The Balaban J connectivity index is 3.33. The molecule has 0 bridgehead atoms. The maximum atomic E-state index is 13.2. The van der Waals surface area contributed by atoms with Gasteiger partial charge in [-0.2, -0.15) is 0 Å². The highest BCUT2D eigenvalue weighted by molar-refractivity contribution is 9.10. The zero-order valence-corrected chi connectivity index (χ0v) is 8.82.